The molecule has 8 nitrogen and oxygen atoms in total. The Morgan fingerprint density at radius 2 is 1.67 bits per heavy atom. The summed E-state index contributed by atoms with van der Waals surface area (Å²) in [6, 6.07) is 14.8. The predicted molar refractivity (Wildman–Crippen MR) is 129 cm³/mol. The first-order valence-electron chi connectivity index (χ1n) is 9.57. The molecule has 164 valence electrons. The molecule has 33 heavy (non-hydrogen) atoms. The molecule has 3 aromatic heterocycles. The van der Waals surface area contributed by atoms with Crippen LogP contribution in [0.1, 0.15) is 5.56 Å². The minimum atomic E-state index is -4.23. The number of nitrogen functional groups attached to an aromatic ring is 1. The van der Waals surface area contributed by atoms with E-state index in [9.17, 15) is 8.42 Å². The number of pyridine rings is 1. The summed E-state index contributed by atoms with van der Waals surface area (Å²) in [5, 5.41) is 4.62. The van der Waals surface area contributed by atoms with Crippen LogP contribution in [-0.2, 0) is 9.84 Å². The SMILES string of the molecule is Nc1c(S(=O)(=O)c2cc(Cl)ccc2Cl)c2nc3ccccc3nc2n1N=Cc1ccncc1. The highest BCUT2D eigenvalue weighted by atomic mass is 35.5. The lowest BCUT2D eigenvalue weighted by atomic mass is 10.3. The van der Waals surface area contributed by atoms with E-state index >= 15 is 0 Å². The lowest BCUT2D eigenvalue weighted by Crippen LogP contribution is -2.07. The summed E-state index contributed by atoms with van der Waals surface area (Å²) in [7, 11) is -4.23. The number of fused-ring (bicyclic) bond motifs is 2. The molecule has 5 aromatic rings. The lowest BCUT2D eigenvalue weighted by molar-refractivity contribution is 0.597. The molecule has 2 N–H and O–H groups in total. The molecule has 0 aliphatic rings. The summed E-state index contributed by atoms with van der Waals surface area (Å²) >= 11 is 12.3. The van der Waals surface area contributed by atoms with E-state index in [1.165, 1.54) is 29.1 Å². The maximum absolute atomic E-state index is 13.7. The Morgan fingerprint density at radius 3 is 2.39 bits per heavy atom. The maximum atomic E-state index is 13.7. The van der Waals surface area contributed by atoms with Crippen molar-refractivity contribution in [1.82, 2.24) is 19.6 Å². The van der Waals surface area contributed by atoms with Gasteiger partial charge in [0.2, 0.25) is 9.84 Å². The molecule has 0 amide bonds. The highest BCUT2D eigenvalue weighted by Crippen LogP contribution is 2.38. The van der Waals surface area contributed by atoms with Crippen molar-refractivity contribution in [3.63, 3.8) is 0 Å². The zero-order chi connectivity index (χ0) is 23.2. The monoisotopic (exact) mass is 496 g/mol. The van der Waals surface area contributed by atoms with Crippen LogP contribution in [0, 0.1) is 0 Å². The smallest absolute Gasteiger partial charge is 0.214 e. The molecule has 0 saturated heterocycles. The fourth-order valence-electron chi connectivity index (χ4n) is 3.37. The number of rotatable bonds is 4. The van der Waals surface area contributed by atoms with Gasteiger partial charge in [0.1, 0.15) is 16.2 Å². The number of anilines is 1. The van der Waals surface area contributed by atoms with Crippen molar-refractivity contribution < 1.29 is 8.42 Å². The second-order valence-electron chi connectivity index (χ2n) is 7.01. The number of hydrogen-bond donors (Lipinski definition) is 1. The van der Waals surface area contributed by atoms with Crippen molar-refractivity contribution in [2.24, 2.45) is 5.10 Å². The summed E-state index contributed by atoms with van der Waals surface area (Å²) in [6.45, 7) is 0. The van der Waals surface area contributed by atoms with Crippen molar-refractivity contribution in [3.8, 4) is 0 Å². The van der Waals surface area contributed by atoms with E-state index < -0.39 is 9.84 Å². The number of hydrogen-bond acceptors (Lipinski definition) is 7. The fourth-order valence-corrected chi connectivity index (χ4v) is 5.61. The Morgan fingerprint density at radius 1 is 0.970 bits per heavy atom. The van der Waals surface area contributed by atoms with Crippen molar-refractivity contribution in [1.29, 1.82) is 0 Å². The first kappa shape index (κ1) is 21.3. The molecule has 0 radical (unpaired) electrons. The maximum Gasteiger partial charge on any atom is 0.214 e. The van der Waals surface area contributed by atoms with Gasteiger partial charge in [-0.05, 0) is 48.0 Å². The van der Waals surface area contributed by atoms with Gasteiger partial charge < -0.3 is 5.73 Å². The summed E-state index contributed by atoms with van der Waals surface area (Å²) in [6.07, 6.45) is 4.75. The van der Waals surface area contributed by atoms with Crippen LogP contribution < -0.4 is 5.73 Å². The number of sulfone groups is 1. The molecule has 0 fully saturated rings. The fraction of sp³-hybridized carbons (Fsp3) is 0. The third kappa shape index (κ3) is 3.70. The van der Waals surface area contributed by atoms with Crippen molar-refractivity contribution in [2.75, 3.05) is 5.73 Å². The summed E-state index contributed by atoms with van der Waals surface area (Å²) < 4.78 is 28.7. The van der Waals surface area contributed by atoms with Gasteiger partial charge in [-0.15, -0.1) is 0 Å². The van der Waals surface area contributed by atoms with E-state index in [1.54, 1.807) is 42.7 Å². The predicted octanol–water partition coefficient (Wildman–Crippen LogP) is 4.58. The Bertz CT molecular complexity index is 1670. The van der Waals surface area contributed by atoms with Gasteiger partial charge in [-0.25, -0.2) is 18.4 Å². The molecule has 0 bridgehead atoms. The van der Waals surface area contributed by atoms with Crippen molar-refractivity contribution in [3.05, 3.63) is 82.6 Å². The average Bonchev–Trinajstić information content (AvgIpc) is 3.09. The summed E-state index contributed by atoms with van der Waals surface area (Å²) in [5.41, 5.74) is 8.43. The standard InChI is InChI=1S/C22H14Cl2N6O2S/c23-14-5-6-15(24)18(11-14)33(31,32)20-19-22(29-17-4-2-1-3-16(17)28-19)30(21(20)25)27-12-13-7-9-26-10-8-13/h1-12H,25H2. The third-order valence-electron chi connectivity index (χ3n) is 4.91. The van der Waals surface area contributed by atoms with Crippen LogP contribution in [0.15, 0.2) is 81.9 Å². The van der Waals surface area contributed by atoms with E-state index in [0.29, 0.717) is 11.0 Å². The van der Waals surface area contributed by atoms with Gasteiger partial charge in [-0.2, -0.15) is 9.78 Å². The van der Waals surface area contributed by atoms with E-state index in [1.807, 2.05) is 6.07 Å². The first-order chi connectivity index (χ1) is 15.9. The topological polar surface area (TPSA) is 116 Å². The molecule has 0 saturated carbocycles. The number of halogens is 2. The van der Waals surface area contributed by atoms with E-state index in [4.69, 9.17) is 28.9 Å². The molecular formula is C22H14Cl2N6O2S. The minimum Gasteiger partial charge on any atom is -0.382 e. The largest absolute Gasteiger partial charge is 0.382 e. The Hall–Kier alpha value is -3.53. The van der Waals surface area contributed by atoms with Crippen LogP contribution in [0.2, 0.25) is 10.0 Å². The Kier molecular flexibility index (Phi) is 5.24. The molecule has 0 spiro atoms. The Balaban J connectivity index is 1.83. The molecule has 5 rings (SSSR count). The van der Waals surface area contributed by atoms with E-state index in [0.717, 1.165) is 5.56 Å². The lowest BCUT2D eigenvalue weighted by Gasteiger charge is -2.07. The number of aromatic nitrogens is 4. The molecule has 2 aromatic carbocycles. The summed E-state index contributed by atoms with van der Waals surface area (Å²) in [5.74, 6) is -0.151. The van der Waals surface area contributed by atoms with Gasteiger partial charge in [-0.1, -0.05) is 35.3 Å². The highest BCUT2D eigenvalue weighted by Gasteiger charge is 2.32. The number of para-hydroxylation sites is 2. The highest BCUT2D eigenvalue weighted by molar-refractivity contribution is 7.92. The molecule has 0 aliphatic carbocycles. The summed E-state index contributed by atoms with van der Waals surface area (Å²) in [4.78, 5) is 12.7. The quantitative estimate of drug-likeness (QED) is 0.364. The number of nitrogens with zero attached hydrogens (tertiary/aromatic N) is 5. The van der Waals surface area contributed by atoms with Crippen LogP contribution >= 0.6 is 23.2 Å². The molecule has 0 unspecified atom stereocenters. The van der Waals surface area contributed by atoms with Gasteiger partial charge in [0, 0.05) is 17.4 Å². The van der Waals surface area contributed by atoms with Gasteiger partial charge in [0.05, 0.1) is 27.2 Å². The van der Waals surface area contributed by atoms with Crippen LogP contribution in [0.3, 0.4) is 0 Å². The van der Waals surface area contributed by atoms with Crippen LogP contribution in [-0.4, -0.2) is 34.3 Å². The molecule has 11 heteroatoms. The third-order valence-corrected chi connectivity index (χ3v) is 7.44. The second-order valence-corrected chi connectivity index (χ2v) is 9.71. The number of benzene rings is 2. The van der Waals surface area contributed by atoms with Crippen molar-refractivity contribution in [2.45, 2.75) is 9.79 Å². The van der Waals surface area contributed by atoms with Gasteiger partial charge >= 0.3 is 0 Å². The molecule has 0 atom stereocenters. The molecule has 3 heterocycles. The van der Waals surface area contributed by atoms with Gasteiger partial charge in [0.15, 0.2) is 5.65 Å². The van der Waals surface area contributed by atoms with E-state index in [2.05, 4.69) is 20.1 Å². The minimum absolute atomic E-state index is 0.00809. The van der Waals surface area contributed by atoms with Crippen LogP contribution in [0.5, 0.6) is 0 Å². The average molecular weight is 497 g/mol. The Labute approximate surface area is 198 Å². The van der Waals surface area contributed by atoms with Crippen molar-refractivity contribution >= 4 is 67.3 Å². The van der Waals surface area contributed by atoms with Gasteiger partial charge in [0.25, 0.3) is 0 Å². The zero-order valence-corrected chi connectivity index (χ0v) is 19.1. The van der Waals surface area contributed by atoms with Crippen LogP contribution in [0.25, 0.3) is 22.2 Å². The van der Waals surface area contributed by atoms with Crippen LogP contribution in [0.4, 0.5) is 5.82 Å². The molecule has 0 aliphatic heterocycles. The van der Waals surface area contributed by atoms with E-state index in [-0.39, 0.29) is 36.8 Å². The number of nitrogens with two attached hydrogens (primary N) is 1. The zero-order valence-electron chi connectivity index (χ0n) is 16.7. The normalized spacial score (nSPS) is 12.2. The van der Waals surface area contributed by atoms with Gasteiger partial charge in [-0.3, -0.25) is 4.98 Å². The molecular weight excluding hydrogens is 483 g/mol. The second kappa shape index (κ2) is 8.11. The first-order valence-corrected chi connectivity index (χ1v) is 11.8.